The summed E-state index contributed by atoms with van der Waals surface area (Å²) in [6.07, 6.45) is 0. The zero-order chi connectivity index (χ0) is 29.4. The Kier molecular flexibility index (Phi) is 9.47. The van der Waals surface area contributed by atoms with Crippen LogP contribution in [-0.4, -0.2) is 60.5 Å². The van der Waals surface area contributed by atoms with E-state index in [0.29, 0.717) is 28.6 Å². The summed E-state index contributed by atoms with van der Waals surface area (Å²) in [5, 5.41) is 8.00. The number of amides is 4. The van der Waals surface area contributed by atoms with E-state index in [1.807, 2.05) is 0 Å². The monoisotopic (exact) mass is 554 g/mol. The number of carbonyl (C=O) groups excluding carboxylic acids is 3. The van der Waals surface area contributed by atoms with Crippen molar-refractivity contribution < 1.29 is 42.8 Å². The van der Waals surface area contributed by atoms with Gasteiger partial charge in [-0.3, -0.25) is 9.59 Å². The van der Waals surface area contributed by atoms with Gasteiger partial charge in [0.15, 0.2) is 23.0 Å². The lowest BCUT2D eigenvalue weighted by atomic mass is 10.1. The highest BCUT2D eigenvalue weighted by molar-refractivity contribution is 6.11. The molecule has 0 unspecified atom stereocenters. The van der Waals surface area contributed by atoms with E-state index in [0.717, 1.165) is 0 Å². The Hall–Kier alpha value is -5.33. The van der Waals surface area contributed by atoms with E-state index in [4.69, 9.17) is 34.2 Å². The van der Waals surface area contributed by atoms with Gasteiger partial charge in [-0.2, -0.15) is 0 Å². The number of nitrogens with two attached hydrogens (primary N) is 1. The first kappa shape index (κ1) is 29.2. The fourth-order valence-corrected chi connectivity index (χ4v) is 3.78. The second-order valence-electron chi connectivity index (χ2n) is 7.98. The number of rotatable bonds is 11. The molecule has 212 valence electrons. The van der Waals surface area contributed by atoms with Gasteiger partial charge in [0.25, 0.3) is 11.8 Å². The average molecular weight is 555 g/mol. The van der Waals surface area contributed by atoms with Gasteiger partial charge in [0.2, 0.25) is 5.75 Å². The Morgan fingerprint density at radius 3 is 1.62 bits per heavy atom. The van der Waals surface area contributed by atoms with Gasteiger partial charge in [0.05, 0.1) is 65.2 Å². The van der Waals surface area contributed by atoms with Gasteiger partial charge in [-0.05, 0) is 18.2 Å². The summed E-state index contributed by atoms with van der Waals surface area (Å²) >= 11 is 0. The molecular formula is C27H30N4O9. The molecule has 0 atom stereocenters. The van der Waals surface area contributed by atoms with E-state index in [9.17, 15) is 14.4 Å². The van der Waals surface area contributed by atoms with Gasteiger partial charge < -0.3 is 50.1 Å². The molecule has 0 aliphatic rings. The number of methoxy groups -OCH3 is 6. The van der Waals surface area contributed by atoms with E-state index in [1.54, 1.807) is 12.1 Å². The number of ether oxygens (including phenoxy) is 6. The van der Waals surface area contributed by atoms with Crippen molar-refractivity contribution in [3.8, 4) is 34.5 Å². The SMILES string of the molecule is COc1cc(NC(=O)c2ccc(NC(=O)Nc3cc(OC)c(OC)c(OC)c3)cc2OC)c(C(N)=O)cc1OC. The van der Waals surface area contributed by atoms with Gasteiger partial charge >= 0.3 is 6.03 Å². The van der Waals surface area contributed by atoms with Crippen LogP contribution in [0.2, 0.25) is 0 Å². The lowest BCUT2D eigenvalue weighted by Gasteiger charge is -2.16. The van der Waals surface area contributed by atoms with Gasteiger partial charge in [0, 0.05) is 30.0 Å². The van der Waals surface area contributed by atoms with E-state index < -0.39 is 17.8 Å². The van der Waals surface area contributed by atoms with Crippen LogP contribution in [0.25, 0.3) is 0 Å². The highest BCUT2D eigenvalue weighted by atomic mass is 16.5. The van der Waals surface area contributed by atoms with Crippen LogP contribution in [0.4, 0.5) is 21.9 Å². The molecule has 0 radical (unpaired) electrons. The highest BCUT2D eigenvalue weighted by Gasteiger charge is 2.20. The zero-order valence-corrected chi connectivity index (χ0v) is 22.8. The molecular weight excluding hydrogens is 524 g/mol. The van der Waals surface area contributed by atoms with Gasteiger partial charge in [-0.15, -0.1) is 0 Å². The molecule has 4 amide bonds. The number of hydrogen-bond donors (Lipinski definition) is 4. The number of primary amides is 1. The molecule has 0 aliphatic heterocycles. The summed E-state index contributed by atoms with van der Waals surface area (Å²) in [6.45, 7) is 0. The summed E-state index contributed by atoms with van der Waals surface area (Å²) < 4.78 is 31.7. The Bertz CT molecular complexity index is 1400. The smallest absolute Gasteiger partial charge is 0.323 e. The summed E-state index contributed by atoms with van der Waals surface area (Å²) in [5.41, 5.74) is 6.47. The van der Waals surface area contributed by atoms with E-state index in [-0.39, 0.29) is 34.1 Å². The van der Waals surface area contributed by atoms with Crippen molar-refractivity contribution in [2.45, 2.75) is 0 Å². The normalized spacial score (nSPS) is 10.2. The molecule has 0 saturated carbocycles. The molecule has 3 aromatic rings. The number of nitrogens with one attached hydrogen (secondary N) is 3. The van der Waals surface area contributed by atoms with Gasteiger partial charge in [-0.1, -0.05) is 0 Å². The number of urea groups is 1. The topological polar surface area (TPSA) is 169 Å². The maximum atomic E-state index is 13.1. The number of benzene rings is 3. The highest BCUT2D eigenvalue weighted by Crippen LogP contribution is 2.40. The molecule has 0 bridgehead atoms. The Morgan fingerprint density at radius 1 is 0.575 bits per heavy atom. The van der Waals surface area contributed by atoms with Crippen molar-refractivity contribution in [1.29, 1.82) is 0 Å². The van der Waals surface area contributed by atoms with Crippen LogP contribution < -0.4 is 50.1 Å². The minimum atomic E-state index is -0.777. The predicted octanol–water partition coefficient (Wildman–Crippen LogP) is 3.73. The first-order chi connectivity index (χ1) is 19.2. The minimum Gasteiger partial charge on any atom is -0.496 e. The molecule has 13 nitrogen and oxygen atoms in total. The Morgan fingerprint density at radius 2 is 1.10 bits per heavy atom. The van der Waals surface area contributed by atoms with Crippen molar-refractivity contribution in [1.82, 2.24) is 0 Å². The van der Waals surface area contributed by atoms with Gasteiger partial charge in [0.1, 0.15) is 5.75 Å². The third-order valence-electron chi connectivity index (χ3n) is 5.66. The van der Waals surface area contributed by atoms with Crippen LogP contribution >= 0.6 is 0 Å². The van der Waals surface area contributed by atoms with Gasteiger partial charge in [-0.25, -0.2) is 4.79 Å². The van der Waals surface area contributed by atoms with Crippen LogP contribution in [0.1, 0.15) is 20.7 Å². The maximum absolute atomic E-state index is 13.1. The van der Waals surface area contributed by atoms with Crippen LogP contribution in [0.3, 0.4) is 0 Å². The molecule has 3 rings (SSSR count). The van der Waals surface area contributed by atoms with Crippen molar-refractivity contribution >= 4 is 34.9 Å². The second-order valence-corrected chi connectivity index (χ2v) is 7.98. The summed E-state index contributed by atoms with van der Waals surface area (Å²) in [4.78, 5) is 37.8. The first-order valence-corrected chi connectivity index (χ1v) is 11.6. The molecule has 0 aromatic heterocycles. The molecule has 40 heavy (non-hydrogen) atoms. The van der Waals surface area contributed by atoms with Crippen LogP contribution in [0.5, 0.6) is 34.5 Å². The third-order valence-corrected chi connectivity index (χ3v) is 5.66. The van der Waals surface area contributed by atoms with E-state index >= 15 is 0 Å². The standard InChI is InChI=1S/C27H30N4O9/c1-35-19-9-14(29-27(34)30-15-10-22(38-4)24(40-6)23(11-15)39-5)7-8-16(19)26(33)31-18-13-21(37-3)20(36-2)12-17(18)25(28)32/h7-13H,1-6H3,(H2,28,32)(H,31,33)(H2,29,30,34). The molecule has 13 heteroatoms. The predicted molar refractivity (Wildman–Crippen MR) is 148 cm³/mol. The average Bonchev–Trinajstić information content (AvgIpc) is 2.95. The summed E-state index contributed by atoms with van der Waals surface area (Å²) in [6, 6.07) is 9.79. The van der Waals surface area contributed by atoms with E-state index in [1.165, 1.54) is 73.0 Å². The number of carbonyl (C=O) groups is 3. The first-order valence-electron chi connectivity index (χ1n) is 11.6. The number of anilines is 3. The summed E-state index contributed by atoms with van der Waals surface area (Å²) in [7, 11) is 8.60. The Labute approximate surface area is 230 Å². The molecule has 0 saturated heterocycles. The van der Waals surface area contributed by atoms with Crippen molar-refractivity contribution in [3.05, 3.63) is 53.6 Å². The summed E-state index contributed by atoms with van der Waals surface area (Å²) in [5.74, 6) is 0.446. The molecule has 3 aromatic carbocycles. The molecule has 0 fully saturated rings. The second kappa shape index (κ2) is 13.0. The lowest BCUT2D eigenvalue weighted by Crippen LogP contribution is -2.20. The minimum absolute atomic E-state index is 0.0201. The van der Waals surface area contributed by atoms with Crippen LogP contribution in [0, 0.1) is 0 Å². The lowest BCUT2D eigenvalue weighted by molar-refractivity contribution is 0.100. The quantitative estimate of drug-likeness (QED) is 0.276. The molecule has 0 aliphatic carbocycles. The third kappa shape index (κ3) is 6.38. The largest absolute Gasteiger partial charge is 0.496 e. The van der Waals surface area contributed by atoms with E-state index in [2.05, 4.69) is 16.0 Å². The van der Waals surface area contributed by atoms with Crippen molar-refractivity contribution in [2.24, 2.45) is 5.73 Å². The zero-order valence-electron chi connectivity index (χ0n) is 22.8. The van der Waals surface area contributed by atoms with Crippen molar-refractivity contribution in [3.63, 3.8) is 0 Å². The maximum Gasteiger partial charge on any atom is 0.323 e. The fraction of sp³-hybridized carbons (Fsp3) is 0.222. The number of hydrogen-bond acceptors (Lipinski definition) is 9. The Balaban J connectivity index is 1.81. The molecule has 0 heterocycles. The van der Waals surface area contributed by atoms with Crippen LogP contribution in [-0.2, 0) is 0 Å². The van der Waals surface area contributed by atoms with Crippen molar-refractivity contribution in [2.75, 3.05) is 58.6 Å². The van der Waals surface area contributed by atoms with Crippen LogP contribution in [0.15, 0.2) is 42.5 Å². The fourth-order valence-electron chi connectivity index (χ4n) is 3.78. The molecule has 0 spiro atoms. The molecule has 5 N–H and O–H groups in total.